The van der Waals surface area contributed by atoms with E-state index >= 15 is 0 Å². The van der Waals surface area contributed by atoms with Crippen molar-refractivity contribution in [2.45, 2.75) is 65.7 Å². The zero-order valence-electron chi connectivity index (χ0n) is 17.9. The second-order valence-corrected chi connectivity index (χ2v) is 10.5. The quantitative estimate of drug-likeness (QED) is 0.527. The molecule has 2 aliphatic heterocycles. The minimum absolute atomic E-state index is 0.0699. The van der Waals surface area contributed by atoms with Gasteiger partial charge in [0.25, 0.3) is 0 Å². The predicted octanol–water partition coefficient (Wildman–Crippen LogP) is 1.83. The van der Waals surface area contributed by atoms with Gasteiger partial charge in [0.05, 0.1) is 31.8 Å². The molecule has 2 atom stereocenters. The van der Waals surface area contributed by atoms with Gasteiger partial charge in [-0.2, -0.15) is 13.1 Å². The smallest absolute Gasteiger partial charge is 0.338 e. The summed E-state index contributed by atoms with van der Waals surface area (Å²) in [6, 6.07) is 0. The highest BCUT2D eigenvalue weighted by Gasteiger charge is 2.56. The summed E-state index contributed by atoms with van der Waals surface area (Å²) in [5, 5.41) is 0. The third-order valence-electron chi connectivity index (χ3n) is 5.10. The van der Waals surface area contributed by atoms with Crippen LogP contribution >= 0.6 is 0 Å². The molecule has 0 saturated carbocycles. The number of hydrogen-bond donors (Lipinski definition) is 1. The fourth-order valence-corrected chi connectivity index (χ4v) is 4.53. The second kappa shape index (κ2) is 8.33. The number of esters is 2. The van der Waals surface area contributed by atoms with E-state index in [1.54, 1.807) is 20.8 Å². The fraction of sp³-hybridized carbons (Fsp3) is 0.789. The SMILES string of the molecule is COC(=O)/C=C1/C[C@@H](CCOC(=O)C(C)(C)C)O[C@@]2(C1)NS(=O)(=O)OCC2(C)C. The molecule has 0 bridgehead atoms. The summed E-state index contributed by atoms with van der Waals surface area (Å²) in [6.07, 6.45) is 1.81. The lowest BCUT2D eigenvalue weighted by atomic mass is 9.75. The number of hydrogen-bond acceptors (Lipinski definition) is 8. The highest BCUT2D eigenvalue weighted by Crippen LogP contribution is 2.46. The van der Waals surface area contributed by atoms with Crippen LogP contribution in [0.5, 0.6) is 0 Å². The molecule has 10 heteroatoms. The van der Waals surface area contributed by atoms with Gasteiger partial charge in [0, 0.05) is 24.3 Å². The molecule has 0 unspecified atom stereocenters. The van der Waals surface area contributed by atoms with Crippen LogP contribution < -0.4 is 4.72 Å². The van der Waals surface area contributed by atoms with Crippen LogP contribution in [0.2, 0.25) is 0 Å². The van der Waals surface area contributed by atoms with Crippen LogP contribution in [0.25, 0.3) is 0 Å². The average molecular weight is 434 g/mol. The number of ether oxygens (including phenoxy) is 3. The molecule has 2 saturated heterocycles. The molecule has 0 amide bonds. The maximum Gasteiger partial charge on any atom is 0.338 e. The molecule has 2 aliphatic rings. The predicted molar refractivity (Wildman–Crippen MR) is 104 cm³/mol. The van der Waals surface area contributed by atoms with Crippen molar-refractivity contribution < 1.29 is 36.4 Å². The Morgan fingerprint density at radius 1 is 1.31 bits per heavy atom. The van der Waals surface area contributed by atoms with Crippen LogP contribution in [0.4, 0.5) is 0 Å². The third kappa shape index (κ3) is 5.78. The molecule has 0 aromatic rings. The number of rotatable bonds is 4. The zero-order valence-corrected chi connectivity index (χ0v) is 18.7. The molecule has 0 aromatic carbocycles. The topological polar surface area (TPSA) is 117 Å². The van der Waals surface area contributed by atoms with Crippen molar-refractivity contribution in [1.29, 1.82) is 0 Å². The van der Waals surface area contributed by atoms with E-state index in [4.69, 9.17) is 18.4 Å². The molecule has 2 heterocycles. The summed E-state index contributed by atoms with van der Waals surface area (Å²) in [7, 11) is -2.72. The van der Waals surface area contributed by atoms with Crippen molar-refractivity contribution in [3.63, 3.8) is 0 Å². The molecule has 1 spiro atoms. The molecule has 0 aromatic heterocycles. The Kier molecular flexibility index (Phi) is 6.83. The van der Waals surface area contributed by atoms with E-state index in [1.807, 2.05) is 13.8 Å². The van der Waals surface area contributed by atoms with Crippen molar-refractivity contribution in [2.24, 2.45) is 10.8 Å². The highest BCUT2D eigenvalue weighted by molar-refractivity contribution is 7.84. The minimum atomic E-state index is -4.00. The molecule has 1 N–H and O–H groups in total. The van der Waals surface area contributed by atoms with E-state index in [0.717, 1.165) is 0 Å². The Hall–Kier alpha value is -1.49. The number of nitrogens with one attached hydrogen (secondary N) is 1. The van der Waals surface area contributed by atoms with Crippen LogP contribution in [0.1, 0.15) is 53.9 Å². The second-order valence-electron chi connectivity index (χ2n) is 9.15. The molecule has 9 nitrogen and oxygen atoms in total. The van der Waals surface area contributed by atoms with E-state index in [0.29, 0.717) is 18.4 Å². The number of methoxy groups -OCH3 is 1. The molecule has 2 fully saturated rings. The standard InChI is InChI=1S/C19H31NO8S/c1-17(2,3)16(22)26-8-7-14-9-13(10-15(21)25-6)11-19(28-14)18(4,5)12-27-29(23,24)20-19/h10,14,20H,7-9,11-12H2,1-6H3/b13-10-/t14-,19-/m1/s1. The Morgan fingerprint density at radius 3 is 2.55 bits per heavy atom. The normalized spacial score (nSPS) is 30.1. The van der Waals surface area contributed by atoms with Crippen molar-refractivity contribution in [2.75, 3.05) is 20.3 Å². The van der Waals surface area contributed by atoms with Gasteiger partial charge in [-0.05, 0) is 27.2 Å². The van der Waals surface area contributed by atoms with Gasteiger partial charge in [0.2, 0.25) is 0 Å². The van der Waals surface area contributed by atoms with E-state index in [1.165, 1.54) is 13.2 Å². The fourth-order valence-electron chi connectivity index (χ4n) is 3.22. The summed E-state index contributed by atoms with van der Waals surface area (Å²) in [4.78, 5) is 23.8. The molecule has 0 radical (unpaired) electrons. The van der Waals surface area contributed by atoms with Gasteiger partial charge in [-0.1, -0.05) is 19.4 Å². The summed E-state index contributed by atoms with van der Waals surface area (Å²) in [5.74, 6) is -0.858. The Labute approximate surface area is 172 Å². The Bertz CT molecular complexity index is 781. The van der Waals surface area contributed by atoms with Crippen LogP contribution in [0.3, 0.4) is 0 Å². The lowest BCUT2D eigenvalue weighted by Crippen LogP contribution is -2.67. The largest absolute Gasteiger partial charge is 0.466 e. The first-order valence-corrected chi connectivity index (χ1v) is 10.9. The van der Waals surface area contributed by atoms with Crippen molar-refractivity contribution in [3.05, 3.63) is 11.6 Å². The maximum atomic E-state index is 12.1. The summed E-state index contributed by atoms with van der Waals surface area (Å²) in [5.41, 5.74) is -1.94. The molecular weight excluding hydrogens is 402 g/mol. The van der Waals surface area contributed by atoms with Crippen molar-refractivity contribution in [1.82, 2.24) is 4.72 Å². The van der Waals surface area contributed by atoms with Crippen LogP contribution in [0, 0.1) is 10.8 Å². The van der Waals surface area contributed by atoms with E-state index in [2.05, 4.69) is 4.72 Å². The summed E-state index contributed by atoms with van der Waals surface area (Å²) >= 11 is 0. The van der Waals surface area contributed by atoms with Gasteiger partial charge in [-0.15, -0.1) is 0 Å². The third-order valence-corrected chi connectivity index (χ3v) is 6.11. The Balaban J connectivity index is 2.25. The molecule has 29 heavy (non-hydrogen) atoms. The lowest BCUT2D eigenvalue weighted by molar-refractivity contribution is -0.202. The van der Waals surface area contributed by atoms with Gasteiger partial charge in [-0.3, -0.25) is 8.98 Å². The van der Waals surface area contributed by atoms with Crippen LogP contribution in [0.15, 0.2) is 11.6 Å². The molecule has 166 valence electrons. The highest BCUT2D eigenvalue weighted by atomic mass is 32.2. The van der Waals surface area contributed by atoms with Crippen molar-refractivity contribution >= 4 is 22.2 Å². The van der Waals surface area contributed by atoms with E-state index < -0.39 is 38.9 Å². The van der Waals surface area contributed by atoms with Gasteiger partial charge in [0.1, 0.15) is 5.72 Å². The summed E-state index contributed by atoms with van der Waals surface area (Å²) < 4.78 is 47.9. The first kappa shape index (κ1) is 23.8. The average Bonchev–Trinajstić information content (AvgIpc) is 2.57. The monoisotopic (exact) mass is 433 g/mol. The number of carbonyl (C=O) groups excluding carboxylic acids is 2. The first-order valence-electron chi connectivity index (χ1n) is 9.50. The first-order chi connectivity index (χ1) is 13.2. The van der Waals surface area contributed by atoms with Gasteiger partial charge in [-0.25, -0.2) is 4.79 Å². The lowest BCUT2D eigenvalue weighted by Gasteiger charge is -2.53. The molecular formula is C19H31NO8S. The Morgan fingerprint density at radius 2 is 1.97 bits per heavy atom. The van der Waals surface area contributed by atoms with E-state index in [-0.39, 0.29) is 25.6 Å². The van der Waals surface area contributed by atoms with Crippen LogP contribution in [-0.2, 0) is 38.3 Å². The minimum Gasteiger partial charge on any atom is -0.466 e. The number of carbonyl (C=O) groups is 2. The van der Waals surface area contributed by atoms with Gasteiger partial charge >= 0.3 is 22.2 Å². The maximum absolute atomic E-state index is 12.1. The van der Waals surface area contributed by atoms with Crippen molar-refractivity contribution in [3.8, 4) is 0 Å². The van der Waals surface area contributed by atoms with E-state index in [9.17, 15) is 18.0 Å². The van der Waals surface area contributed by atoms with Gasteiger partial charge < -0.3 is 14.2 Å². The summed E-state index contributed by atoms with van der Waals surface area (Å²) in [6.45, 7) is 8.98. The van der Waals surface area contributed by atoms with Gasteiger partial charge in [0.15, 0.2) is 0 Å². The van der Waals surface area contributed by atoms with Crippen LogP contribution in [-0.4, -0.2) is 52.5 Å². The zero-order chi connectivity index (χ0) is 22.1. The molecule has 0 aliphatic carbocycles. The molecule has 2 rings (SSSR count).